The van der Waals surface area contributed by atoms with Crippen molar-refractivity contribution in [2.75, 3.05) is 13.7 Å². The minimum absolute atomic E-state index is 0.324. The standard InChI is InChI=1S/C13H17FN4O/c1-4-16-12(9-5-6-15-7-10(9)14)13-11(19-3)8-17-18(13)2/h5-8,12,16H,4H2,1-3H3. The Balaban J connectivity index is 2.51. The Morgan fingerprint density at radius 1 is 1.47 bits per heavy atom. The molecule has 1 atom stereocenters. The van der Waals surface area contributed by atoms with Gasteiger partial charge in [0.05, 0.1) is 25.5 Å². The van der Waals surface area contributed by atoms with Crippen molar-refractivity contribution >= 4 is 0 Å². The topological polar surface area (TPSA) is 52.0 Å². The van der Waals surface area contributed by atoms with E-state index in [2.05, 4.69) is 15.4 Å². The van der Waals surface area contributed by atoms with E-state index < -0.39 is 0 Å². The first-order chi connectivity index (χ1) is 9.19. The third-order valence-electron chi connectivity index (χ3n) is 2.97. The molecular weight excluding hydrogens is 247 g/mol. The van der Waals surface area contributed by atoms with Gasteiger partial charge in [-0.25, -0.2) is 4.39 Å². The zero-order valence-corrected chi connectivity index (χ0v) is 11.2. The second kappa shape index (κ2) is 5.79. The first-order valence-electron chi connectivity index (χ1n) is 6.07. The molecule has 0 fully saturated rings. The van der Waals surface area contributed by atoms with Gasteiger partial charge in [-0.3, -0.25) is 9.67 Å². The van der Waals surface area contributed by atoms with Gasteiger partial charge in [0, 0.05) is 18.8 Å². The Bertz CT molecular complexity index is 555. The molecule has 0 bridgehead atoms. The number of methoxy groups -OCH3 is 1. The quantitative estimate of drug-likeness (QED) is 0.892. The van der Waals surface area contributed by atoms with E-state index in [-0.39, 0.29) is 11.9 Å². The molecule has 19 heavy (non-hydrogen) atoms. The van der Waals surface area contributed by atoms with E-state index >= 15 is 0 Å². The zero-order valence-electron chi connectivity index (χ0n) is 11.2. The van der Waals surface area contributed by atoms with Gasteiger partial charge in [0.1, 0.15) is 11.5 Å². The van der Waals surface area contributed by atoms with Crippen LogP contribution in [0.15, 0.2) is 24.7 Å². The van der Waals surface area contributed by atoms with E-state index in [1.807, 2.05) is 6.92 Å². The fourth-order valence-electron chi connectivity index (χ4n) is 2.09. The van der Waals surface area contributed by atoms with Crippen LogP contribution in [0.3, 0.4) is 0 Å². The van der Waals surface area contributed by atoms with Crippen molar-refractivity contribution in [3.8, 4) is 5.75 Å². The lowest BCUT2D eigenvalue weighted by molar-refractivity contribution is 0.400. The first-order valence-corrected chi connectivity index (χ1v) is 6.07. The molecule has 0 amide bonds. The van der Waals surface area contributed by atoms with Crippen molar-refractivity contribution in [3.63, 3.8) is 0 Å². The van der Waals surface area contributed by atoms with E-state index in [4.69, 9.17) is 4.74 Å². The molecule has 2 heterocycles. The van der Waals surface area contributed by atoms with Crippen LogP contribution in [0, 0.1) is 5.82 Å². The van der Waals surface area contributed by atoms with E-state index in [1.54, 1.807) is 37.3 Å². The number of aromatic nitrogens is 3. The summed E-state index contributed by atoms with van der Waals surface area (Å²) in [5.41, 5.74) is 1.31. The Hall–Kier alpha value is -1.95. The molecule has 0 radical (unpaired) electrons. The number of pyridine rings is 1. The second-order valence-corrected chi connectivity index (χ2v) is 4.11. The maximum Gasteiger partial charge on any atom is 0.161 e. The van der Waals surface area contributed by atoms with Crippen molar-refractivity contribution < 1.29 is 9.13 Å². The molecule has 1 N–H and O–H groups in total. The molecule has 0 spiro atoms. The minimum atomic E-state index is -0.350. The molecule has 1 unspecified atom stereocenters. The Morgan fingerprint density at radius 2 is 2.26 bits per heavy atom. The van der Waals surface area contributed by atoms with Gasteiger partial charge in [-0.15, -0.1) is 0 Å². The highest BCUT2D eigenvalue weighted by Crippen LogP contribution is 2.30. The van der Waals surface area contributed by atoms with Crippen LogP contribution >= 0.6 is 0 Å². The molecule has 0 aliphatic heterocycles. The average molecular weight is 264 g/mol. The van der Waals surface area contributed by atoms with Crippen molar-refractivity contribution in [2.45, 2.75) is 13.0 Å². The number of nitrogens with zero attached hydrogens (tertiary/aromatic N) is 3. The summed E-state index contributed by atoms with van der Waals surface area (Å²) in [6.07, 6.45) is 4.41. The molecule has 0 aliphatic rings. The van der Waals surface area contributed by atoms with Gasteiger partial charge in [0.15, 0.2) is 5.75 Å². The van der Waals surface area contributed by atoms with Crippen molar-refractivity contribution in [1.82, 2.24) is 20.1 Å². The van der Waals surface area contributed by atoms with Gasteiger partial charge in [-0.05, 0) is 12.6 Å². The summed E-state index contributed by atoms with van der Waals surface area (Å²) in [6.45, 7) is 2.66. The molecule has 6 heteroatoms. The van der Waals surface area contributed by atoms with E-state index in [0.29, 0.717) is 17.9 Å². The molecule has 5 nitrogen and oxygen atoms in total. The molecule has 102 valence electrons. The Labute approximate surface area is 111 Å². The highest BCUT2D eigenvalue weighted by molar-refractivity contribution is 5.36. The summed E-state index contributed by atoms with van der Waals surface area (Å²) in [5, 5.41) is 7.41. The van der Waals surface area contributed by atoms with Gasteiger partial charge < -0.3 is 10.1 Å². The lowest BCUT2D eigenvalue weighted by Crippen LogP contribution is -2.25. The van der Waals surface area contributed by atoms with Crippen molar-refractivity contribution in [3.05, 3.63) is 41.7 Å². The number of rotatable bonds is 5. The van der Waals surface area contributed by atoms with Gasteiger partial charge in [-0.2, -0.15) is 5.10 Å². The van der Waals surface area contributed by atoms with Crippen LogP contribution in [0.5, 0.6) is 5.75 Å². The minimum Gasteiger partial charge on any atom is -0.493 e. The highest BCUT2D eigenvalue weighted by atomic mass is 19.1. The summed E-state index contributed by atoms with van der Waals surface area (Å²) in [4.78, 5) is 3.78. The third-order valence-corrected chi connectivity index (χ3v) is 2.97. The van der Waals surface area contributed by atoms with Crippen LogP contribution in [0.2, 0.25) is 0 Å². The number of halogens is 1. The molecule has 0 aromatic carbocycles. The van der Waals surface area contributed by atoms with E-state index in [1.165, 1.54) is 6.20 Å². The van der Waals surface area contributed by atoms with Crippen LogP contribution in [-0.4, -0.2) is 28.4 Å². The molecule has 2 aromatic heterocycles. The number of hydrogen-bond acceptors (Lipinski definition) is 4. The molecule has 0 saturated heterocycles. The van der Waals surface area contributed by atoms with E-state index in [0.717, 1.165) is 5.69 Å². The summed E-state index contributed by atoms with van der Waals surface area (Å²) in [6, 6.07) is 1.34. The van der Waals surface area contributed by atoms with Crippen LogP contribution in [0.4, 0.5) is 4.39 Å². The fourth-order valence-corrected chi connectivity index (χ4v) is 2.09. The predicted octanol–water partition coefficient (Wildman–Crippen LogP) is 1.66. The average Bonchev–Trinajstić information content (AvgIpc) is 2.78. The second-order valence-electron chi connectivity index (χ2n) is 4.11. The number of hydrogen-bond donors (Lipinski definition) is 1. The normalized spacial score (nSPS) is 12.4. The summed E-state index contributed by atoms with van der Waals surface area (Å²) in [5.74, 6) is 0.279. The summed E-state index contributed by atoms with van der Waals surface area (Å²) in [7, 11) is 3.38. The van der Waals surface area contributed by atoms with Crippen molar-refractivity contribution in [1.29, 1.82) is 0 Å². The number of ether oxygens (including phenoxy) is 1. The largest absolute Gasteiger partial charge is 0.493 e. The Kier molecular flexibility index (Phi) is 4.11. The molecule has 2 aromatic rings. The number of nitrogens with one attached hydrogen (secondary N) is 1. The van der Waals surface area contributed by atoms with Crippen LogP contribution in [0.25, 0.3) is 0 Å². The van der Waals surface area contributed by atoms with Crippen LogP contribution < -0.4 is 10.1 Å². The Morgan fingerprint density at radius 3 is 2.89 bits per heavy atom. The van der Waals surface area contributed by atoms with Crippen LogP contribution in [0.1, 0.15) is 24.2 Å². The monoisotopic (exact) mass is 264 g/mol. The molecule has 2 rings (SSSR count). The first kappa shape index (κ1) is 13.5. The summed E-state index contributed by atoms with van der Waals surface area (Å²) >= 11 is 0. The van der Waals surface area contributed by atoms with Crippen molar-refractivity contribution in [2.24, 2.45) is 7.05 Å². The maximum atomic E-state index is 13.9. The molecule has 0 aliphatic carbocycles. The fraction of sp³-hybridized carbons (Fsp3) is 0.385. The summed E-state index contributed by atoms with van der Waals surface area (Å²) < 4.78 is 20.9. The highest BCUT2D eigenvalue weighted by Gasteiger charge is 2.24. The molecule has 0 saturated carbocycles. The van der Waals surface area contributed by atoms with Crippen LogP contribution in [-0.2, 0) is 7.05 Å². The molecular formula is C13H17FN4O. The smallest absolute Gasteiger partial charge is 0.161 e. The van der Waals surface area contributed by atoms with Gasteiger partial charge in [-0.1, -0.05) is 6.92 Å². The SMILES string of the molecule is CCNC(c1ccncc1F)c1c(OC)cnn1C. The third kappa shape index (κ3) is 2.58. The number of aryl methyl sites for hydroxylation is 1. The van der Waals surface area contributed by atoms with Gasteiger partial charge in [0.25, 0.3) is 0 Å². The zero-order chi connectivity index (χ0) is 13.8. The van der Waals surface area contributed by atoms with E-state index in [9.17, 15) is 4.39 Å². The predicted molar refractivity (Wildman–Crippen MR) is 69.5 cm³/mol. The maximum absolute atomic E-state index is 13.9. The van der Waals surface area contributed by atoms with Gasteiger partial charge in [0.2, 0.25) is 0 Å². The lowest BCUT2D eigenvalue weighted by Gasteiger charge is -2.20. The van der Waals surface area contributed by atoms with Gasteiger partial charge >= 0.3 is 0 Å². The lowest BCUT2D eigenvalue weighted by atomic mass is 10.0.